The van der Waals surface area contributed by atoms with Crippen molar-refractivity contribution in [1.82, 2.24) is 0 Å². The second-order valence-corrected chi connectivity index (χ2v) is 4.98. The molecule has 62 valence electrons. The number of rotatable bonds is 5. The molecule has 0 aromatic carbocycles. The van der Waals surface area contributed by atoms with Crippen molar-refractivity contribution >= 4 is 22.5 Å². The van der Waals surface area contributed by atoms with Gasteiger partial charge in [0.05, 0.1) is 11.5 Å². The molecule has 0 aliphatic carbocycles. The first-order chi connectivity index (χ1) is 4.62. The number of hydrogen-bond acceptors (Lipinski definition) is 3. The molecule has 0 radical (unpaired) electrons. The summed E-state index contributed by atoms with van der Waals surface area (Å²) in [6.45, 7) is 1.98. The van der Waals surface area contributed by atoms with Gasteiger partial charge in [-0.25, -0.2) is 8.42 Å². The monoisotopic (exact) mass is 182 g/mol. The van der Waals surface area contributed by atoms with Crippen LogP contribution >= 0.6 is 12.6 Å². The number of sulfone groups is 1. The Balaban J connectivity index is 3.65. The first kappa shape index (κ1) is 10.3. The summed E-state index contributed by atoms with van der Waals surface area (Å²) in [7, 11) is -2.77. The highest BCUT2D eigenvalue weighted by Gasteiger charge is 2.06. The van der Waals surface area contributed by atoms with Crippen molar-refractivity contribution in [2.75, 3.05) is 17.3 Å². The van der Waals surface area contributed by atoms with Crippen molar-refractivity contribution in [2.24, 2.45) is 0 Å². The average Bonchev–Trinajstić information content (AvgIpc) is 1.84. The smallest absolute Gasteiger partial charge is 0.151 e. The summed E-state index contributed by atoms with van der Waals surface area (Å²) < 4.78 is 21.9. The molecule has 0 heterocycles. The third-order valence-electron chi connectivity index (χ3n) is 1.21. The Bertz CT molecular complexity index is 161. The molecule has 0 rings (SSSR count). The van der Waals surface area contributed by atoms with Crippen LogP contribution in [-0.2, 0) is 9.84 Å². The van der Waals surface area contributed by atoms with Gasteiger partial charge in [-0.15, -0.1) is 0 Å². The lowest BCUT2D eigenvalue weighted by atomic mass is 10.4. The van der Waals surface area contributed by atoms with E-state index in [9.17, 15) is 8.42 Å². The predicted octanol–water partition coefficient (Wildman–Crippen LogP) is 1.13. The molecule has 0 saturated carbocycles. The minimum absolute atomic E-state index is 0.218. The lowest BCUT2D eigenvalue weighted by molar-refractivity contribution is 0.594. The summed E-state index contributed by atoms with van der Waals surface area (Å²) in [4.78, 5) is 0. The Morgan fingerprint density at radius 2 is 1.90 bits per heavy atom. The molecule has 0 unspecified atom stereocenters. The van der Waals surface area contributed by atoms with Crippen LogP contribution in [0.25, 0.3) is 0 Å². The van der Waals surface area contributed by atoms with Crippen LogP contribution in [0.4, 0.5) is 0 Å². The van der Waals surface area contributed by atoms with Crippen molar-refractivity contribution in [3.63, 3.8) is 0 Å². The van der Waals surface area contributed by atoms with Gasteiger partial charge in [-0.05, 0) is 6.42 Å². The summed E-state index contributed by atoms with van der Waals surface area (Å²) in [5.41, 5.74) is 0. The number of thiol groups is 1. The SMILES string of the molecule is CCCCS(=O)(=O)CCS. The molecule has 0 bridgehead atoms. The van der Waals surface area contributed by atoms with Crippen LogP contribution in [-0.4, -0.2) is 25.7 Å². The van der Waals surface area contributed by atoms with E-state index in [2.05, 4.69) is 12.6 Å². The molecule has 4 heteroatoms. The number of unbranched alkanes of at least 4 members (excludes halogenated alkanes) is 1. The van der Waals surface area contributed by atoms with Gasteiger partial charge in [0.15, 0.2) is 9.84 Å². The van der Waals surface area contributed by atoms with E-state index in [4.69, 9.17) is 0 Å². The fourth-order valence-electron chi connectivity index (χ4n) is 0.605. The molecular weight excluding hydrogens is 168 g/mol. The normalized spacial score (nSPS) is 11.8. The Kier molecular flexibility index (Phi) is 5.17. The molecule has 0 aliphatic heterocycles. The largest absolute Gasteiger partial charge is 0.229 e. The van der Waals surface area contributed by atoms with Crippen molar-refractivity contribution in [3.8, 4) is 0 Å². The zero-order valence-corrected chi connectivity index (χ0v) is 7.92. The van der Waals surface area contributed by atoms with Crippen LogP contribution in [0.5, 0.6) is 0 Å². The van der Waals surface area contributed by atoms with Crippen LogP contribution < -0.4 is 0 Å². The van der Waals surface area contributed by atoms with E-state index in [0.29, 0.717) is 11.5 Å². The van der Waals surface area contributed by atoms with Gasteiger partial charge in [0.25, 0.3) is 0 Å². The summed E-state index contributed by atoms with van der Waals surface area (Å²) in [5.74, 6) is 0.978. The maximum absolute atomic E-state index is 10.9. The van der Waals surface area contributed by atoms with Gasteiger partial charge in [-0.1, -0.05) is 13.3 Å². The zero-order chi connectivity index (χ0) is 8.04. The fourth-order valence-corrected chi connectivity index (χ4v) is 2.65. The molecular formula is C6H14O2S2. The van der Waals surface area contributed by atoms with E-state index in [1.807, 2.05) is 6.92 Å². The van der Waals surface area contributed by atoms with Gasteiger partial charge in [0, 0.05) is 5.75 Å². The van der Waals surface area contributed by atoms with Gasteiger partial charge in [-0.2, -0.15) is 12.6 Å². The van der Waals surface area contributed by atoms with Crippen molar-refractivity contribution < 1.29 is 8.42 Å². The second kappa shape index (κ2) is 5.02. The summed E-state index contributed by atoms with van der Waals surface area (Å²) in [5, 5.41) is 0. The van der Waals surface area contributed by atoms with Crippen LogP contribution in [0.3, 0.4) is 0 Å². The highest BCUT2D eigenvalue weighted by atomic mass is 32.2. The average molecular weight is 182 g/mol. The molecule has 0 aromatic rings. The predicted molar refractivity (Wildman–Crippen MR) is 47.4 cm³/mol. The van der Waals surface area contributed by atoms with Gasteiger partial charge in [0.1, 0.15) is 0 Å². The van der Waals surface area contributed by atoms with Crippen LogP contribution in [0, 0.1) is 0 Å². The summed E-state index contributed by atoms with van der Waals surface area (Å²) in [6.07, 6.45) is 1.71. The minimum atomic E-state index is -2.77. The highest BCUT2D eigenvalue weighted by molar-refractivity contribution is 7.92. The molecule has 0 fully saturated rings. The van der Waals surface area contributed by atoms with Crippen LogP contribution in [0.1, 0.15) is 19.8 Å². The maximum Gasteiger partial charge on any atom is 0.151 e. The Morgan fingerprint density at radius 1 is 1.30 bits per heavy atom. The van der Waals surface area contributed by atoms with E-state index in [0.717, 1.165) is 12.8 Å². The third kappa shape index (κ3) is 5.11. The molecule has 0 spiro atoms. The van der Waals surface area contributed by atoms with Gasteiger partial charge >= 0.3 is 0 Å². The minimum Gasteiger partial charge on any atom is -0.229 e. The van der Waals surface area contributed by atoms with Gasteiger partial charge in [-0.3, -0.25) is 0 Å². The Labute approximate surface area is 68.3 Å². The molecule has 0 aromatic heterocycles. The second-order valence-electron chi connectivity index (χ2n) is 2.23. The molecule has 0 atom stereocenters. The highest BCUT2D eigenvalue weighted by Crippen LogP contribution is 1.97. The van der Waals surface area contributed by atoms with Crippen molar-refractivity contribution in [2.45, 2.75) is 19.8 Å². The molecule has 0 aliphatic rings. The van der Waals surface area contributed by atoms with Crippen LogP contribution in [0.2, 0.25) is 0 Å². The van der Waals surface area contributed by atoms with Gasteiger partial charge in [0.2, 0.25) is 0 Å². The Morgan fingerprint density at radius 3 is 2.30 bits per heavy atom. The summed E-state index contributed by atoms with van der Waals surface area (Å²) >= 11 is 3.86. The quantitative estimate of drug-likeness (QED) is 0.647. The fraction of sp³-hybridized carbons (Fsp3) is 1.00. The van der Waals surface area contributed by atoms with E-state index in [1.165, 1.54) is 0 Å². The maximum atomic E-state index is 10.9. The van der Waals surface area contributed by atoms with Crippen LogP contribution in [0.15, 0.2) is 0 Å². The Hall–Kier alpha value is 0.300. The first-order valence-electron chi connectivity index (χ1n) is 3.43. The van der Waals surface area contributed by atoms with Crippen molar-refractivity contribution in [3.05, 3.63) is 0 Å². The molecule has 0 amide bonds. The molecule has 0 saturated heterocycles. The van der Waals surface area contributed by atoms with E-state index < -0.39 is 9.84 Å². The van der Waals surface area contributed by atoms with Crippen molar-refractivity contribution in [1.29, 1.82) is 0 Å². The van der Waals surface area contributed by atoms with Gasteiger partial charge < -0.3 is 0 Å². The summed E-state index contributed by atoms with van der Waals surface area (Å²) in [6, 6.07) is 0. The third-order valence-corrected chi connectivity index (χ3v) is 3.47. The molecule has 0 N–H and O–H groups in total. The van der Waals surface area contributed by atoms with E-state index in [-0.39, 0.29) is 5.75 Å². The lowest BCUT2D eigenvalue weighted by Gasteiger charge is -1.98. The first-order valence-corrected chi connectivity index (χ1v) is 5.89. The van der Waals surface area contributed by atoms with E-state index in [1.54, 1.807) is 0 Å². The lowest BCUT2D eigenvalue weighted by Crippen LogP contribution is -2.11. The topological polar surface area (TPSA) is 34.1 Å². The zero-order valence-electron chi connectivity index (χ0n) is 6.21. The van der Waals surface area contributed by atoms with E-state index >= 15 is 0 Å². The number of hydrogen-bond donors (Lipinski definition) is 1. The standard InChI is InChI=1S/C6H14O2S2/c1-2-3-5-10(7,8)6-4-9/h9H,2-6H2,1H3. The molecule has 10 heavy (non-hydrogen) atoms. The molecule has 2 nitrogen and oxygen atoms in total.